The van der Waals surface area contributed by atoms with Crippen molar-refractivity contribution in [3.05, 3.63) is 27.7 Å². The summed E-state index contributed by atoms with van der Waals surface area (Å²) in [6.07, 6.45) is 3.36. The van der Waals surface area contributed by atoms with Crippen LogP contribution in [-0.2, 0) is 26.1 Å². The van der Waals surface area contributed by atoms with Crippen LogP contribution in [0.5, 0.6) is 0 Å². The van der Waals surface area contributed by atoms with Gasteiger partial charge in [-0.2, -0.15) is 5.10 Å². The van der Waals surface area contributed by atoms with Crippen LogP contribution in [0.1, 0.15) is 22.5 Å². The van der Waals surface area contributed by atoms with E-state index in [0.29, 0.717) is 52.6 Å². The summed E-state index contributed by atoms with van der Waals surface area (Å²) in [5, 5.41) is 8.17. The summed E-state index contributed by atoms with van der Waals surface area (Å²) in [6.45, 7) is 3.59. The minimum absolute atomic E-state index is 0.178. The first-order chi connectivity index (χ1) is 15.9. The third kappa shape index (κ3) is 4.62. The number of carbonyl (C=O) groups excluding carboxylic acids is 3. The number of aromatic amines is 1. The molecule has 3 aliphatic rings. The summed E-state index contributed by atoms with van der Waals surface area (Å²) in [5.74, 6) is -1.60. The van der Waals surface area contributed by atoms with Gasteiger partial charge in [0.15, 0.2) is 0 Å². The maximum atomic E-state index is 12.9. The quantitative estimate of drug-likeness (QED) is 0.593. The fraction of sp³-hybridized carbons (Fsp3) is 0.571. The maximum absolute atomic E-state index is 12.9. The molecule has 12 nitrogen and oxygen atoms in total. The third-order valence-corrected chi connectivity index (χ3v) is 5.97. The normalized spacial score (nSPS) is 21.8. The fourth-order valence-electron chi connectivity index (χ4n) is 4.09. The second kappa shape index (κ2) is 9.71. The number of rotatable bonds is 5. The molecule has 1 aromatic heterocycles. The van der Waals surface area contributed by atoms with E-state index in [1.165, 1.54) is 29.9 Å². The van der Waals surface area contributed by atoms with Gasteiger partial charge in [-0.1, -0.05) is 12.2 Å². The van der Waals surface area contributed by atoms with Gasteiger partial charge in [0, 0.05) is 40.3 Å². The van der Waals surface area contributed by atoms with Crippen LogP contribution in [0.25, 0.3) is 6.08 Å². The van der Waals surface area contributed by atoms with Crippen LogP contribution in [-0.4, -0.2) is 108 Å². The second-order valence-corrected chi connectivity index (χ2v) is 8.11. The predicted octanol–water partition coefficient (Wildman–Crippen LogP) is -1.11. The average Bonchev–Trinajstić information content (AvgIpc) is 3.29. The molecule has 4 rings (SSSR count). The molecule has 0 bridgehead atoms. The van der Waals surface area contributed by atoms with Gasteiger partial charge in [0.05, 0.1) is 37.9 Å². The minimum Gasteiger partial charge on any atom is -0.378 e. The highest BCUT2D eigenvalue weighted by molar-refractivity contribution is 6.44. The molecule has 4 heterocycles. The minimum atomic E-state index is -0.747. The molecule has 0 radical (unpaired) electrons. The first-order valence-electron chi connectivity index (χ1n) is 10.9. The molecule has 3 aliphatic heterocycles. The van der Waals surface area contributed by atoms with Gasteiger partial charge in [-0.25, -0.2) is 5.01 Å². The number of H-pyrrole nitrogens is 1. The highest BCUT2D eigenvalue weighted by Gasteiger charge is 2.39. The monoisotopic (exact) mass is 460 g/mol. The molecule has 3 amide bonds. The van der Waals surface area contributed by atoms with E-state index in [1.807, 2.05) is 0 Å². The molecule has 1 aromatic rings. The Morgan fingerprint density at radius 2 is 1.58 bits per heavy atom. The van der Waals surface area contributed by atoms with Crippen LogP contribution in [0.4, 0.5) is 0 Å². The van der Waals surface area contributed by atoms with Crippen molar-refractivity contribution in [3.8, 4) is 0 Å². The van der Waals surface area contributed by atoms with Gasteiger partial charge in [-0.15, -0.1) is 0 Å². The van der Waals surface area contributed by atoms with Crippen molar-refractivity contribution < 1.29 is 23.9 Å². The number of hydrogen-bond acceptors (Lipinski definition) is 7. The molecular weight excluding hydrogens is 432 g/mol. The number of nitrogens with one attached hydrogen (secondary N) is 1. The number of carbonyl (C=O) groups is 3. The topological polar surface area (TPSA) is 130 Å². The van der Waals surface area contributed by atoms with Crippen molar-refractivity contribution in [1.29, 1.82) is 0 Å². The lowest BCUT2D eigenvalue weighted by Crippen LogP contribution is -2.45. The summed E-state index contributed by atoms with van der Waals surface area (Å²) in [7, 11) is 3.05. The number of hydrogen-bond donors (Lipinski definition) is 1. The average molecular weight is 460 g/mol. The Bertz CT molecular complexity index is 1040. The van der Waals surface area contributed by atoms with Crippen LogP contribution >= 0.6 is 0 Å². The van der Waals surface area contributed by atoms with E-state index in [9.17, 15) is 19.2 Å². The zero-order valence-corrected chi connectivity index (χ0v) is 18.8. The van der Waals surface area contributed by atoms with E-state index in [1.54, 1.807) is 15.9 Å². The standard InChI is InChI=1S/C21H28N6O6/c1-24-18(28)14(16(22-24)20(30)26-6-10-32-11-7-26)4-3-5-15-17(23-25(2)19(15)29)21(31)27-8-12-33-13-9-27/h3-4,15,22H,5-13H2,1-2H3/b4-3+. The Labute approximate surface area is 190 Å². The van der Waals surface area contributed by atoms with E-state index < -0.39 is 5.92 Å². The van der Waals surface area contributed by atoms with Crippen molar-refractivity contribution in [2.45, 2.75) is 6.42 Å². The predicted molar refractivity (Wildman–Crippen MR) is 118 cm³/mol. The summed E-state index contributed by atoms with van der Waals surface area (Å²) >= 11 is 0. The Balaban J connectivity index is 1.51. The van der Waals surface area contributed by atoms with Gasteiger partial charge in [0.1, 0.15) is 11.4 Å². The molecule has 0 spiro atoms. The maximum Gasteiger partial charge on any atom is 0.274 e. The summed E-state index contributed by atoms with van der Waals surface area (Å²) in [4.78, 5) is 54.4. The lowest BCUT2D eigenvalue weighted by molar-refractivity contribution is -0.131. The van der Waals surface area contributed by atoms with E-state index in [0.717, 1.165) is 0 Å². The Morgan fingerprint density at radius 1 is 1.00 bits per heavy atom. The molecule has 0 saturated carbocycles. The fourth-order valence-corrected chi connectivity index (χ4v) is 4.09. The van der Waals surface area contributed by atoms with Crippen LogP contribution in [0.15, 0.2) is 16.0 Å². The number of hydrazone groups is 1. The van der Waals surface area contributed by atoms with Crippen molar-refractivity contribution in [3.63, 3.8) is 0 Å². The largest absolute Gasteiger partial charge is 0.378 e. The Morgan fingerprint density at radius 3 is 2.18 bits per heavy atom. The van der Waals surface area contributed by atoms with Gasteiger partial charge in [0.2, 0.25) is 0 Å². The lowest BCUT2D eigenvalue weighted by atomic mass is 9.97. The zero-order chi connectivity index (χ0) is 23.5. The van der Waals surface area contributed by atoms with Gasteiger partial charge >= 0.3 is 0 Å². The first-order valence-corrected chi connectivity index (χ1v) is 10.9. The third-order valence-electron chi connectivity index (χ3n) is 5.97. The van der Waals surface area contributed by atoms with Crippen LogP contribution < -0.4 is 5.56 Å². The lowest BCUT2D eigenvalue weighted by Gasteiger charge is -2.27. The molecule has 0 aliphatic carbocycles. The molecule has 178 valence electrons. The molecule has 1 unspecified atom stereocenters. The number of morpholine rings is 2. The smallest absolute Gasteiger partial charge is 0.274 e. The zero-order valence-electron chi connectivity index (χ0n) is 18.8. The van der Waals surface area contributed by atoms with Crippen molar-refractivity contribution in [2.75, 3.05) is 59.7 Å². The van der Waals surface area contributed by atoms with Crippen molar-refractivity contribution in [2.24, 2.45) is 18.1 Å². The number of allylic oxidation sites excluding steroid dienone is 1. The molecule has 12 heteroatoms. The van der Waals surface area contributed by atoms with E-state index in [-0.39, 0.29) is 46.7 Å². The number of aromatic nitrogens is 2. The summed E-state index contributed by atoms with van der Waals surface area (Å²) < 4.78 is 11.8. The molecule has 2 saturated heterocycles. The van der Waals surface area contributed by atoms with Crippen LogP contribution in [0, 0.1) is 5.92 Å². The molecular formula is C21H28N6O6. The molecule has 1 N–H and O–H groups in total. The van der Waals surface area contributed by atoms with E-state index in [4.69, 9.17) is 9.47 Å². The SMILES string of the molecule is CN1N=C(C(=O)N2CCOCC2)C(C/C=C/c2c(C(=O)N3CCOCC3)[nH]n(C)c2=O)C1=O. The number of aryl methyl sites for hydroxylation is 1. The highest BCUT2D eigenvalue weighted by Crippen LogP contribution is 2.21. The molecule has 1 atom stereocenters. The second-order valence-electron chi connectivity index (χ2n) is 8.11. The Kier molecular flexibility index (Phi) is 6.75. The summed E-state index contributed by atoms with van der Waals surface area (Å²) in [6, 6.07) is 0. The van der Waals surface area contributed by atoms with Crippen molar-refractivity contribution in [1.82, 2.24) is 24.6 Å². The van der Waals surface area contributed by atoms with E-state index in [2.05, 4.69) is 10.2 Å². The van der Waals surface area contributed by atoms with Gasteiger partial charge in [0.25, 0.3) is 23.3 Å². The first kappa shape index (κ1) is 22.9. The highest BCUT2D eigenvalue weighted by atomic mass is 16.5. The summed E-state index contributed by atoms with van der Waals surface area (Å²) in [5.41, 5.74) is 0.233. The van der Waals surface area contributed by atoms with E-state index >= 15 is 0 Å². The van der Waals surface area contributed by atoms with Gasteiger partial charge in [-0.05, 0) is 6.42 Å². The van der Waals surface area contributed by atoms with Crippen LogP contribution in [0.3, 0.4) is 0 Å². The van der Waals surface area contributed by atoms with Gasteiger partial charge in [-0.3, -0.25) is 29.0 Å². The molecule has 33 heavy (non-hydrogen) atoms. The van der Waals surface area contributed by atoms with Gasteiger partial charge < -0.3 is 19.3 Å². The Hall–Kier alpha value is -3.25. The molecule has 0 aromatic carbocycles. The number of amides is 3. The molecule has 2 fully saturated rings. The van der Waals surface area contributed by atoms with Crippen molar-refractivity contribution >= 4 is 29.5 Å². The van der Waals surface area contributed by atoms with Crippen LogP contribution in [0.2, 0.25) is 0 Å². The number of ether oxygens (including phenoxy) is 2. The number of nitrogens with zero attached hydrogens (tertiary/aromatic N) is 5.